The molecule has 1 saturated heterocycles. The summed E-state index contributed by atoms with van der Waals surface area (Å²) in [6.45, 7) is 6.44. The number of piperazine rings is 1. The van der Waals surface area contributed by atoms with Gasteiger partial charge in [0.15, 0.2) is 0 Å². The fourth-order valence-electron chi connectivity index (χ4n) is 2.15. The minimum Gasteiger partial charge on any atom is -0.343 e. The van der Waals surface area contributed by atoms with Crippen LogP contribution in [0, 0.1) is 0 Å². The Labute approximate surface area is 103 Å². The number of rotatable bonds is 5. The first-order valence-electron chi connectivity index (χ1n) is 6.37. The summed E-state index contributed by atoms with van der Waals surface area (Å²) in [5, 5.41) is 2.79. The average Bonchev–Trinajstić information content (AvgIpc) is 2.33. The van der Waals surface area contributed by atoms with Gasteiger partial charge in [0.2, 0.25) is 11.8 Å². The van der Waals surface area contributed by atoms with Crippen LogP contribution in [-0.4, -0.2) is 35.3 Å². The molecular weight excluding hydrogens is 216 g/mol. The second-order valence-electron chi connectivity index (χ2n) is 4.28. The van der Waals surface area contributed by atoms with Crippen molar-refractivity contribution in [2.45, 2.75) is 52.1 Å². The summed E-state index contributed by atoms with van der Waals surface area (Å²) < 4.78 is 0. The van der Waals surface area contributed by atoms with E-state index in [0.717, 1.165) is 6.42 Å². The minimum atomic E-state index is -0.337. The first kappa shape index (κ1) is 13.7. The number of nitrogens with zero attached hydrogens (tertiary/aromatic N) is 1. The lowest BCUT2D eigenvalue weighted by Gasteiger charge is -2.38. The predicted molar refractivity (Wildman–Crippen MR) is 67.4 cm³/mol. The molecule has 96 valence electrons. The first-order valence-corrected chi connectivity index (χ1v) is 6.37. The Morgan fingerprint density at radius 3 is 2.53 bits per heavy atom. The fraction of sp³-hybridized carbons (Fsp3) is 0.692. The number of nitrogens with one attached hydrogen (secondary N) is 1. The zero-order chi connectivity index (χ0) is 12.8. The van der Waals surface area contributed by atoms with Crippen molar-refractivity contribution in [2.24, 2.45) is 0 Å². The van der Waals surface area contributed by atoms with Crippen LogP contribution in [-0.2, 0) is 9.59 Å². The molecule has 0 radical (unpaired) electrons. The van der Waals surface area contributed by atoms with Gasteiger partial charge >= 0.3 is 0 Å². The molecule has 1 fully saturated rings. The van der Waals surface area contributed by atoms with Gasteiger partial charge in [-0.25, -0.2) is 0 Å². The molecule has 1 heterocycles. The Hall–Kier alpha value is -1.32. The van der Waals surface area contributed by atoms with Crippen molar-refractivity contribution in [3.63, 3.8) is 0 Å². The molecule has 0 saturated carbocycles. The Kier molecular flexibility index (Phi) is 5.19. The normalized spacial score (nSPS) is 25.5. The molecule has 1 aliphatic heterocycles. The van der Waals surface area contributed by atoms with Crippen molar-refractivity contribution < 1.29 is 9.59 Å². The van der Waals surface area contributed by atoms with E-state index in [4.69, 9.17) is 0 Å². The molecule has 1 rings (SSSR count). The number of amides is 2. The molecule has 0 bridgehead atoms. The van der Waals surface area contributed by atoms with Crippen LogP contribution in [0.15, 0.2) is 12.2 Å². The van der Waals surface area contributed by atoms with E-state index < -0.39 is 0 Å². The van der Waals surface area contributed by atoms with Crippen molar-refractivity contribution in [3.8, 4) is 0 Å². The number of hydrogen-bond acceptors (Lipinski definition) is 2. The summed E-state index contributed by atoms with van der Waals surface area (Å²) in [6.07, 6.45) is 6.12. The average molecular weight is 238 g/mol. The maximum atomic E-state index is 12.2. The molecule has 0 aromatic heterocycles. The summed E-state index contributed by atoms with van der Waals surface area (Å²) in [6, 6.07) is -0.633. The van der Waals surface area contributed by atoms with Gasteiger partial charge in [-0.3, -0.25) is 9.59 Å². The zero-order valence-electron chi connectivity index (χ0n) is 10.9. The lowest BCUT2D eigenvalue weighted by molar-refractivity contribution is -0.149. The smallest absolute Gasteiger partial charge is 0.245 e. The lowest BCUT2D eigenvalue weighted by Crippen LogP contribution is -2.63. The van der Waals surface area contributed by atoms with Crippen molar-refractivity contribution >= 4 is 11.8 Å². The van der Waals surface area contributed by atoms with E-state index in [0.29, 0.717) is 19.4 Å². The molecule has 17 heavy (non-hydrogen) atoms. The van der Waals surface area contributed by atoms with Gasteiger partial charge in [0.05, 0.1) is 0 Å². The van der Waals surface area contributed by atoms with Gasteiger partial charge in [0, 0.05) is 6.54 Å². The number of allylic oxidation sites excluding steroid dienone is 1. The molecule has 1 aliphatic rings. The Balaban J connectivity index is 2.77. The molecule has 1 N–H and O–H groups in total. The van der Waals surface area contributed by atoms with Crippen molar-refractivity contribution in [2.75, 3.05) is 6.54 Å². The summed E-state index contributed by atoms with van der Waals surface area (Å²) in [5.41, 5.74) is 0. The number of hydrogen-bond donors (Lipinski definition) is 1. The summed E-state index contributed by atoms with van der Waals surface area (Å²) >= 11 is 0. The summed E-state index contributed by atoms with van der Waals surface area (Å²) in [7, 11) is 0. The van der Waals surface area contributed by atoms with E-state index in [1.54, 1.807) is 4.90 Å². The molecule has 0 aliphatic carbocycles. The van der Waals surface area contributed by atoms with E-state index in [1.807, 2.05) is 32.9 Å². The van der Waals surface area contributed by atoms with Gasteiger partial charge in [0.25, 0.3) is 0 Å². The van der Waals surface area contributed by atoms with Gasteiger partial charge in [-0.1, -0.05) is 26.0 Å². The highest BCUT2D eigenvalue weighted by Crippen LogP contribution is 2.15. The Bertz CT molecular complexity index is 313. The number of carbonyl (C=O) groups is 2. The molecule has 0 aromatic rings. The monoisotopic (exact) mass is 238 g/mol. The van der Waals surface area contributed by atoms with Gasteiger partial charge in [0.1, 0.15) is 12.1 Å². The quantitative estimate of drug-likeness (QED) is 0.737. The second kappa shape index (κ2) is 6.42. The second-order valence-corrected chi connectivity index (χ2v) is 4.28. The lowest BCUT2D eigenvalue weighted by atomic mass is 10.0. The van der Waals surface area contributed by atoms with Crippen LogP contribution in [0.1, 0.15) is 40.0 Å². The highest BCUT2D eigenvalue weighted by atomic mass is 16.2. The third-order valence-corrected chi connectivity index (χ3v) is 3.14. The Morgan fingerprint density at radius 2 is 2.00 bits per heavy atom. The van der Waals surface area contributed by atoms with Crippen molar-refractivity contribution in [1.29, 1.82) is 0 Å². The van der Waals surface area contributed by atoms with Gasteiger partial charge in [-0.15, -0.1) is 0 Å². The minimum absolute atomic E-state index is 0.0144. The van der Waals surface area contributed by atoms with Crippen LogP contribution < -0.4 is 5.32 Å². The van der Waals surface area contributed by atoms with Crippen LogP contribution in [0.25, 0.3) is 0 Å². The van der Waals surface area contributed by atoms with Crippen molar-refractivity contribution in [1.82, 2.24) is 10.2 Å². The molecule has 0 aromatic carbocycles. The van der Waals surface area contributed by atoms with E-state index >= 15 is 0 Å². The molecule has 0 spiro atoms. The predicted octanol–water partition coefficient (Wildman–Crippen LogP) is 1.47. The maximum absolute atomic E-state index is 12.2. The van der Waals surface area contributed by atoms with Gasteiger partial charge in [-0.2, -0.15) is 0 Å². The molecule has 2 unspecified atom stereocenters. The van der Waals surface area contributed by atoms with E-state index in [-0.39, 0.29) is 23.9 Å². The van der Waals surface area contributed by atoms with Crippen LogP contribution in [0.4, 0.5) is 0 Å². The van der Waals surface area contributed by atoms with Gasteiger partial charge in [-0.05, 0) is 26.2 Å². The molecule has 2 amide bonds. The summed E-state index contributed by atoms with van der Waals surface area (Å²) in [5.74, 6) is 0.0443. The third-order valence-electron chi connectivity index (χ3n) is 3.14. The Morgan fingerprint density at radius 1 is 1.29 bits per heavy atom. The van der Waals surface area contributed by atoms with Crippen LogP contribution in [0.2, 0.25) is 0 Å². The van der Waals surface area contributed by atoms with Crippen LogP contribution >= 0.6 is 0 Å². The highest BCUT2D eigenvalue weighted by Gasteiger charge is 2.37. The van der Waals surface area contributed by atoms with Crippen molar-refractivity contribution in [3.05, 3.63) is 12.2 Å². The van der Waals surface area contributed by atoms with E-state index in [1.165, 1.54) is 0 Å². The SMILES string of the molecule is C/C=C/CCN1C(=O)C(CC)NC(=O)C1CC. The molecule has 4 heteroatoms. The molecular formula is C13H22N2O2. The standard InChI is InChI=1S/C13H22N2O2/c1-4-7-8-9-15-11(6-3)12(16)14-10(5-2)13(15)17/h4,7,10-11H,5-6,8-9H2,1-3H3,(H,14,16)/b7-4+. The zero-order valence-corrected chi connectivity index (χ0v) is 10.9. The molecule has 2 atom stereocenters. The topological polar surface area (TPSA) is 49.4 Å². The van der Waals surface area contributed by atoms with Gasteiger partial charge < -0.3 is 10.2 Å². The van der Waals surface area contributed by atoms with Crippen LogP contribution in [0.5, 0.6) is 0 Å². The number of carbonyl (C=O) groups excluding carboxylic acids is 2. The van der Waals surface area contributed by atoms with Crippen LogP contribution in [0.3, 0.4) is 0 Å². The highest BCUT2D eigenvalue weighted by molar-refractivity contribution is 5.96. The first-order chi connectivity index (χ1) is 8.15. The van der Waals surface area contributed by atoms with E-state index in [2.05, 4.69) is 5.32 Å². The maximum Gasteiger partial charge on any atom is 0.245 e. The third kappa shape index (κ3) is 3.08. The largest absolute Gasteiger partial charge is 0.343 e. The fourth-order valence-corrected chi connectivity index (χ4v) is 2.15. The molecule has 4 nitrogen and oxygen atoms in total. The van der Waals surface area contributed by atoms with E-state index in [9.17, 15) is 9.59 Å². The summed E-state index contributed by atoms with van der Waals surface area (Å²) in [4.78, 5) is 25.7.